The van der Waals surface area contributed by atoms with Gasteiger partial charge in [0.15, 0.2) is 0 Å². The summed E-state index contributed by atoms with van der Waals surface area (Å²) in [5.41, 5.74) is -0.202. The monoisotopic (exact) mass is 325 g/mol. The minimum Gasteiger partial charge on any atom is -0.478 e. The first-order chi connectivity index (χ1) is 11.0. The minimum atomic E-state index is -1.24. The van der Waals surface area contributed by atoms with Crippen molar-refractivity contribution in [3.8, 4) is 5.75 Å². The fourth-order valence-corrected chi connectivity index (χ4v) is 1.53. The second kappa shape index (κ2) is 9.29. The van der Waals surface area contributed by atoms with Crippen molar-refractivity contribution < 1.29 is 33.7 Å². The van der Waals surface area contributed by atoms with E-state index in [0.717, 1.165) is 0 Å². The zero-order valence-corrected chi connectivity index (χ0v) is 13.0. The van der Waals surface area contributed by atoms with E-state index in [1.54, 1.807) is 0 Å². The maximum absolute atomic E-state index is 11.6. The molecular weight excluding hydrogens is 306 g/mol. The van der Waals surface area contributed by atoms with Gasteiger partial charge in [-0.05, 0) is 25.0 Å². The topological polar surface area (TPSA) is 111 Å². The van der Waals surface area contributed by atoms with Crippen molar-refractivity contribution in [1.29, 1.82) is 0 Å². The minimum absolute atomic E-state index is 0.0422. The molecule has 126 valence electrons. The highest BCUT2D eigenvalue weighted by Gasteiger charge is 2.16. The van der Waals surface area contributed by atoms with Gasteiger partial charge in [0.1, 0.15) is 5.75 Å². The quantitative estimate of drug-likeness (QED) is 0.584. The van der Waals surface area contributed by atoms with Gasteiger partial charge in [-0.25, -0.2) is 14.4 Å². The molecule has 1 aromatic rings. The Balaban J connectivity index is 2.87. The van der Waals surface area contributed by atoms with Gasteiger partial charge in [0.2, 0.25) is 0 Å². The summed E-state index contributed by atoms with van der Waals surface area (Å²) in [4.78, 5) is 34.1. The number of anilines is 1. The number of carboxylic acids is 1. The van der Waals surface area contributed by atoms with Crippen molar-refractivity contribution in [3.05, 3.63) is 23.8 Å². The summed E-state index contributed by atoms with van der Waals surface area (Å²) in [7, 11) is 0. The van der Waals surface area contributed by atoms with Crippen LogP contribution in [0.4, 0.5) is 15.3 Å². The Morgan fingerprint density at radius 3 is 2.35 bits per heavy atom. The van der Waals surface area contributed by atoms with Gasteiger partial charge in [0.05, 0.1) is 24.5 Å². The first kappa shape index (κ1) is 18.3. The smallest absolute Gasteiger partial charge is 0.478 e. The summed E-state index contributed by atoms with van der Waals surface area (Å²) in [6, 6.07) is 3.71. The third-order valence-electron chi connectivity index (χ3n) is 2.52. The van der Waals surface area contributed by atoms with Gasteiger partial charge in [-0.1, -0.05) is 13.8 Å². The lowest BCUT2D eigenvalue weighted by Gasteiger charge is -2.11. The molecule has 0 aromatic heterocycles. The molecule has 1 amide bonds. The number of rotatable bonds is 7. The summed E-state index contributed by atoms with van der Waals surface area (Å²) in [5, 5.41) is 11.4. The van der Waals surface area contributed by atoms with E-state index in [0.29, 0.717) is 12.8 Å². The molecule has 0 unspecified atom stereocenters. The van der Waals surface area contributed by atoms with E-state index in [1.807, 2.05) is 13.8 Å². The van der Waals surface area contributed by atoms with Crippen LogP contribution in [-0.4, -0.2) is 36.5 Å². The van der Waals surface area contributed by atoms with Crippen LogP contribution in [0.5, 0.6) is 5.75 Å². The predicted octanol–water partition coefficient (Wildman–Crippen LogP) is 3.27. The zero-order chi connectivity index (χ0) is 17.2. The van der Waals surface area contributed by atoms with Crippen molar-refractivity contribution in [3.63, 3.8) is 0 Å². The van der Waals surface area contributed by atoms with Crippen LogP contribution in [-0.2, 0) is 9.47 Å². The van der Waals surface area contributed by atoms with Crippen molar-refractivity contribution in [2.24, 2.45) is 0 Å². The second-order valence-corrected chi connectivity index (χ2v) is 4.47. The van der Waals surface area contributed by atoms with E-state index in [2.05, 4.69) is 5.32 Å². The second-order valence-electron chi connectivity index (χ2n) is 4.47. The van der Waals surface area contributed by atoms with Gasteiger partial charge in [-0.3, -0.25) is 5.32 Å². The van der Waals surface area contributed by atoms with Gasteiger partial charge in [-0.2, -0.15) is 0 Å². The van der Waals surface area contributed by atoms with Crippen LogP contribution in [0.15, 0.2) is 18.2 Å². The van der Waals surface area contributed by atoms with Crippen LogP contribution in [0.2, 0.25) is 0 Å². The van der Waals surface area contributed by atoms with E-state index < -0.39 is 18.2 Å². The van der Waals surface area contributed by atoms with Crippen LogP contribution in [0.1, 0.15) is 37.0 Å². The number of carbonyl (C=O) groups excluding carboxylic acids is 2. The maximum atomic E-state index is 11.6. The number of hydrogen-bond donors (Lipinski definition) is 2. The predicted molar refractivity (Wildman–Crippen MR) is 80.9 cm³/mol. The molecule has 0 atom stereocenters. The third kappa shape index (κ3) is 6.25. The molecule has 0 aliphatic carbocycles. The molecule has 1 aromatic carbocycles. The Labute approximate surface area is 133 Å². The highest BCUT2D eigenvalue weighted by atomic mass is 16.7. The number of ether oxygens (including phenoxy) is 3. The van der Waals surface area contributed by atoms with E-state index in [4.69, 9.17) is 19.3 Å². The number of benzene rings is 1. The number of hydrogen-bond acceptors (Lipinski definition) is 6. The summed E-state index contributed by atoms with van der Waals surface area (Å²) in [5.74, 6) is -1.20. The SMILES string of the molecule is CCCOC(=O)Nc1cc(OC(=O)OCCC)ccc1C(=O)O. The third-order valence-corrected chi connectivity index (χ3v) is 2.52. The molecule has 8 heteroatoms. The fourth-order valence-electron chi connectivity index (χ4n) is 1.53. The summed E-state index contributed by atoms with van der Waals surface area (Å²) < 4.78 is 14.5. The molecule has 0 aliphatic rings. The lowest BCUT2D eigenvalue weighted by atomic mass is 10.1. The Kier molecular flexibility index (Phi) is 7.38. The molecule has 0 spiro atoms. The molecule has 0 aliphatic heterocycles. The van der Waals surface area contributed by atoms with E-state index in [9.17, 15) is 14.4 Å². The molecule has 8 nitrogen and oxygen atoms in total. The maximum Gasteiger partial charge on any atom is 0.513 e. The standard InChI is InChI=1S/C15H19NO7/c1-3-7-21-14(19)16-12-9-10(5-6-11(12)13(17)18)23-15(20)22-8-4-2/h5-6,9H,3-4,7-8H2,1-2H3,(H,16,19)(H,17,18). The fraction of sp³-hybridized carbons (Fsp3) is 0.400. The molecule has 0 fully saturated rings. The average molecular weight is 325 g/mol. The Hall–Kier alpha value is -2.77. The number of carbonyl (C=O) groups is 3. The summed E-state index contributed by atoms with van der Waals surface area (Å²) in [6.45, 7) is 4.07. The van der Waals surface area contributed by atoms with Gasteiger partial charge >= 0.3 is 18.2 Å². The van der Waals surface area contributed by atoms with Crippen LogP contribution in [0.25, 0.3) is 0 Å². The molecule has 0 saturated heterocycles. The highest BCUT2D eigenvalue weighted by Crippen LogP contribution is 2.23. The molecule has 0 heterocycles. The largest absolute Gasteiger partial charge is 0.513 e. The first-order valence-corrected chi connectivity index (χ1v) is 7.13. The van der Waals surface area contributed by atoms with Crippen LogP contribution in [0.3, 0.4) is 0 Å². The molecule has 0 bridgehead atoms. The van der Waals surface area contributed by atoms with Gasteiger partial charge in [-0.15, -0.1) is 0 Å². The van der Waals surface area contributed by atoms with Gasteiger partial charge in [0, 0.05) is 6.07 Å². The number of aromatic carboxylic acids is 1. The lowest BCUT2D eigenvalue weighted by molar-refractivity contribution is 0.0698. The van der Waals surface area contributed by atoms with E-state index in [1.165, 1.54) is 18.2 Å². The average Bonchev–Trinajstić information content (AvgIpc) is 2.50. The Morgan fingerprint density at radius 1 is 1.09 bits per heavy atom. The van der Waals surface area contributed by atoms with Crippen molar-refractivity contribution >= 4 is 23.9 Å². The first-order valence-electron chi connectivity index (χ1n) is 7.13. The van der Waals surface area contributed by atoms with Crippen LogP contribution >= 0.6 is 0 Å². The Morgan fingerprint density at radius 2 is 1.74 bits per heavy atom. The van der Waals surface area contributed by atoms with Gasteiger partial charge < -0.3 is 19.3 Å². The normalized spacial score (nSPS) is 9.83. The zero-order valence-electron chi connectivity index (χ0n) is 13.0. The lowest BCUT2D eigenvalue weighted by Crippen LogP contribution is -2.17. The summed E-state index contributed by atoms with van der Waals surface area (Å²) in [6.07, 6.45) is -0.427. The molecule has 23 heavy (non-hydrogen) atoms. The number of nitrogens with one attached hydrogen (secondary N) is 1. The van der Waals surface area contributed by atoms with Crippen molar-refractivity contribution in [2.75, 3.05) is 18.5 Å². The van der Waals surface area contributed by atoms with E-state index in [-0.39, 0.29) is 30.2 Å². The molecule has 2 N–H and O–H groups in total. The number of carboxylic acid groups (broad SMARTS) is 1. The molecule has 0 saturated carbocycles. The molecular formula is C15H19NO7. The number of amides is 1. The van der Waals surface area contributed by atoms with Gasteiger partial charge in [0.25, 0.3) is 0 Å². The van der Waals surface area contributed by atoms with Crippen LogP contribution in [0, 0.1) is 0 Å². The molecule has 1 rings (SSSR count). The highest BCUT2D eigenvalue weighted by molar-refractivity contribution is 5.99. The van der Waals surface area contributed by atoms with Crippen LogP contribution < -0.4 is 10.1 Å². The van der Waals surface area contributed by atoms with E-state index >= 15 is 0 Å². The molecule has 0 radical (unpaired) electrons. The Bertz CT molecular complexity index is 571. The van der Waals surface area contributed by atoms with Crippen molar-refractivity contribution in [2.45, 2.75) is 26.7 Å². The summed E-state index contributed by atoms with van der Waals surface area (Å²) >= 11 is 0. The van der Waals surface area contributed by atoms with Crippen molar-refractivity contribution in [1.82, 2.24) is 0 Å².